The van der Waals surface area contributed by atoms with Crippen LogP contribution in [0.5, 0.6) is 0 Å². The first-order valence-corrected chi connectivity index (χ1v) is 3.96. The Bertz CT molecular complexity index is 139. The van der Waals surface area contributed by atoms with Gasteiger partial charge in [0.15, 0.2) is 0 Å². The van der Waals surface area contributed by atoms with Crippen LogP contribution in [-0.4, -0.2) is 15.4 Å². The molecule has 0 fully saturated rings. The van der Waals surface area contributed by atoms with Crippen molar-refractivity contribution in [2.75, 3.05) is 0 Å². The van der Waals surface area contributed by atoms with Crippen LogP contribution in [0.2, 0.25) is 0 Å². The molecule has 0 aliphatic heterocycles. The van der Waals surface area contributed by atoms with Crippen LogP contribution in [0.25, 0.3) is 0 Å². The van der Waals surface area contributed by atoms with Crippen LogP contribution in [0.15, 0.2) is 17.1 Å². The molecular formula is C3H6KNO4PS+. The third-order valence-electron chi connectivity index (χ3n) is 0.347. The molecule has 8 heteroatoms. The van der Waals surface area contributed by atoms with E-state index in [2.05, 4.69) is 4.98 Å². The third-order valence-corrected chi connectivity index (χ3v) is 0.869. The van der Waals surface area contributed by atoms with Crippen molar-refractivity contribution in [1.29, 1.82) is 0 Å². The molecule has 0 aliphatic rings. The number of thiazole rings is 1. The second-order valence-corrected chi connectivity index (χ2v) is 2.14. The Morgan fingerprint density at radius 1 is 1.64 bits per heavy atom. The fraction of sp³-hybridized carbons (Fsp3) is 0. The van der Waals surface area contributed by atoms with Crippen molar-refractivity contribution in [1.82, 2.24) is 4.98 Å². The molecular weight excluding hydrogens is 216 g/mol. The van der Waals surface area contributed by atoms with Crippen molar-refractivity contribution in [3.63, 3.8) is 0 Å². The van der Waals surface area contributed by atoms with E-state index in [0.29, 0.717) is 0 Å². The van der Waals surface area contributed by atoms with Crippen LogP contribution in [0.1, 0.15) is 0 Å². The van der Waals surface area contributed by atoms with Gasteiger partial charge in [-0.2, -0.15) is 4.89 Å². The van der Waals surface area contributed by atoms with Gasteiger partial charge in [-0.3, -0.25) is 4.98 Å². The van der Waals surface area contributed by atoms with Gasteiger partial charge in [-0.15, -0.1) is 11.3 Å². The largest absolute Gasteiger partial charge is 1.00 e. The van der Waals surface area contributed by atoms with Crippen LogP contribution >= 0.6 is 19.6 Å². The molecule has 1 unspecified atom stereocenters. The van der Waals surface area contributed by atoms with E-state index in [1.807, 2.05) is 5.38 Å². The molecule has 0 amide bonds. The second kappa shape index (κ2) is 13.8. The van der Waals surface area contributed by atoms with E-state index in [1.54, 1.807) is 23.0 Å². The minimum Gasteiger partial charge on any atom is -0.567 e. The monoisotopic (exact) mass is 222 g/mol. The van der Waals surface area contributed by atoms with Gasteiger partial charge in [0.2, 0.25) is 0 Å². The van der Waals surface area contributed by atoms with Crippen molar-refractivity contribution < 1.29 is 71.2 Å². The predicted octanol–water partition coefficient (Wildman–Crippen LogP) is -3.68. The predicted molar refractivity (Wildman–Crippen MR) is 35.6 cm³/mol. The van der Waals surface area contributed by atoms with E-state index in [0.717, 1.165) is 0 Å². The van der Waals surface area contributed by atoms with Crippen molar-refractivity contribution in [2.24, 2.45) is 0 Å². The number of hydrogen-bond acceptors (Lipinski definition) is 4. The molecule has 1 heterocycles. The van der Waals surface area contributed by atoms with E-state index >= 15 is 0 Å². The quantitative estimate of drug-likeness (QED) is 0.360. The molecule has 58 valence electrons. The van der Waals surface area contributed by atoms with Gasteiger partial charge in [-0.25, -0.2) is 0 Å². The van der Waals surface area contributed by atoms with Crippen molar-refractivity contribution in [2.45, 2.75) is 0 Å². The average molecular weight is 222 g/mol. The van der Waals surface area contributed by atoms with Crippen LogP contribution in [-0.2, 0) is 4.57 Å². The number of hydrogen-bond donors (Lipinski definition) is 1. The normalized spacial score (nSPS) is 7.64. The zero-order chi connectivity index (χ0) is 7.11. The van der Waals surface area contributed by atoms with E-state index in [9.17, 15) is 0 Å². The van der Waals surface area contributed by atoms with E-state index in [-0.39, 0.29) is 56.9 Å². The summed E-state index contributed by atoms with van der Waals surface area (Å²) in [5.41, 5.74) is 1.79. The van der Waals surface area contributed by atoms with Gasteiger partial charge in [-0.1, -0.05) is 0 Å². The van der Waals surface area contributed by atoms with Crippen LogP contribution in [0.4, 0.5) is 0 Å². The third kappa shape index (κ3) is 24.6. The van der Waals surface area contributed by atoms with Gasteiger partial charge < -0.3 is 10.4 Å². The number of aromatic nitrogens is 1. The Kier molecular flexibility index (Phi) is 22.7. The van der Waals surface area contributed by atoms with Crippen LogP contribution in [0.3, 0.4) is 0 Å². The molecule has 0 aromatic carbocycles. The summed E-state index contributed by atoms with van der Waals surface area (Å²) in [4.78, 5) is 19.3. The zero-order valence-electron chi connectivity index (χ0n) is 5.80. The van der Waals surface area contributed by atoms with Crippen molar-refractivity contribution in [3.8, 4) is 0 Å². The first kappa shape index (κ1) is 18.1. The van der Waals surface area contributed by atoms with Gasteiger partial charge in [0, 0.05) is 11.6 Å². The topological polar surface area (TPSA) is 105 Å². The van der Waals surface area contributed by atoms with Gasteiger partial charge in [-0.05, 0) is 4.57 Å². The Morgan fingerprint density at radius 2 is 2.09 bits per heavy atom. The SMILES string of the molecule is O.O=[P+]([O-])O.[K+].c1cscn1. The Morgan fingerprint density at radius 3 is 2.18 bits per heavy atom. The summed E-state index contributed by atoms with van der Waals surface area (Å²) in [5.74, 6) is 0. The van der Waals surface area contributed by atoms with Crippen LogP contribution in [0, 0.1) is 0 Å². The summed E-state index contributed by atoms with van der Waals surface area (Å²) in [6.45, 7) is 0. The molecule has 1 aromatic rings. The fourth-order valence-electron chi connectivity index (χ4n) is 0.176. The molecule has 0 aliphatic carbocycles. The molecule has 0 radical (unpaired) electrons. The molecule has 0 bridgehead atoms. The molecule has 1 aromatic heterocycles. The van der Waals surface area contributed by atoms with Gasteiger partial charge >= 0.3 is 59.6 Å². The summed E-state index contributed by atoms with van der Waals surface area (Å²) in [7, 11) is -3.12. The molecule has 0 spiro atoms. The minimum absolute atomic E-state index is 0. The first-order valence-electron chi connectivity index (χ1n) is 1.89. The average Bonchev–Trinajstić information content (AvgIpc) is 2.11. The minimum atomic E-state index is -3.12. The molecule has 11 heavy (non-hydrogen) atoms. The fourth-order valence-corrected chi connectivity index (χ4v) is 0.527. The van der Waals surface area contributed by atoms with Crippen LogP contribution < -0.4 is 56.3 Å². The maximum absolute atomic E-state index is 8.59. The van der Waals surface area contributed by atoms with Crippen molar-refractivity contribution >= 4 is 19.6 Å². The summed E-state index contributed by atoms with van der Waals surface area (Å²) in [6, 6.07) is 0. The number of rotatable bonds is 0. The molecule has 5 nitrogen and oxygen atoms in total. The summed E-state index contributed by atoms with van der Waals surface area (Å²) in [5, 5.41) is 1.93. The zero-order valence-corrected chi connectivity index (χ0v) is 10.6. The van der Waals surface area contributed by atoms with Gasteiger partial charge in [0.1, 0.15) is 0 Å². The number of nitrogens with zero attached hydrogens (tertiary/aromatic N) is 1. The first-order chi connectivity index (χ1) is 4.23. The molecule has 1 atom stereocenters. The Balaban J connectivity index is -0.000000101. The molecule has 0 saturated carbocycles. The molecule has 1 rings (SSSR count). The van der Waals surface area contributed by atoms with Gasteiger partial charge in [0.25, 0.3) is 0 Å². The maximum atomic E-state index is 8.59. The maximum Gasteiger partial charge on any atom is 1.00 e. The summed E-state index contributed by atoms with van der Waals surface area (Å²) < 4.78 is 8.59. The van der Waals surface area contributed by atoms with Gasteiger partial charge in [0.05, 0.1) is 5.51 Å². The Hall–Kier alpha value is 1.25. The summed E-state index contributed by atoms with van der Waals surface area (Å²) >= 11 is 1.60. The standard InChI is InChI=1S/C3H3NS.K.HO3P.H2O/c1-2-5-3-4-1;;1-4(2)3;/h1-3H;;(H,1,2,3);1H2/q;+1;;. The second-order valence-electron chi connectivity index (χ2n) is 0.914. The molecule has 0 saturated heterocycles. The summed E-state index contributed by atoms with van der Waals surface area (Å²) in [6.07, 6.45) is 1.77. The smallest absolute Gasteiger partial charge is 0.567 e. The van der Waals surface area contributed by atoms with E-state index in [4.69, 9.17) is 14.4 Å². The molecule has 3 N–H and O–H groups in total. The Labute approximate surface area is 111 Å². The van der Waals surface area contributed by atoms with E-state index in [1.165, 1.54) is 0 Å². The van der Waals surface area contributed by atoms with E-state index < -0.39 is 8.25 Å². The van der Waals surface area contributed by atoms with Crippen molar-refractivity contribution in [3.05, 3.63) is 17.1 Å².